The predicted molar refractivity (Wildman–Crippen MR) is 104 cm³/mol. The number of halogens is 1. The summed E-state index contributed by atoms with van der Waals surface area (Å²) >= 11 is -1.48. The number of rotatable bonds is 14. The third-order valence-corrected chi connectivity index (χ3v) is 5.43. The minimum atomic E-state index is -1.48. The lowest BCUT2D eigenvalue weighted by atomic mass is 10.1. The molecule has 0 saturated heterocycles. The summed E-state index contributed by atoms with van der Waals surface area (Å²) in [7, 11) is 0. The zero-order valence-corrected chi connectivity index (χ0v) is 16.7. The molecule has 1 aromatic rings. The zero-order valence-electron chi connectivity index (χ0n) is 14.6. The van der Waals surface area contributed by atoms with E-state index in [1.807, 2.05) is 0 Å². The fourth-order valence-electron chi connectivity index (χ4n) is 2.60. The molecule has 5 heteroatoms. The van der Waals surface area contributed by atoms with Crippen LogP contribution in [0.1, 0.15) is 81.5 Å². The maximum absolute atomic E-state index is 11.1. The van der Waals surface area contributed by atoms with Gasteiger partial charge in [0.25, 0.3) is 0 Å². The lowest BCUT2D eigenvalue weighted by Gasteiger charge is -2.08. The van der Waals surface area contributed by atoms with E-state index in [1.54, 1.807) is 12.1 Å². The van der Waals surface area contributed by atoms with Crippen LogP contribution in [0.5, 0.6) is 5.75 Å². The number of hydrogen-bond acceptors (Lipinski definition) is 3. The van der Waals surface area contributed by atoms with E-state index >= 15 is 0 Å². The van der Waals surface area contributed by atoms with Crippen molar-refractivity contribution in [2.75, 3.05) is 6.61 Å². The second-order valence-electron chi connectivity index (χ2n) is 6.05. The highest BCUT2D eigenvalue weighted by molar-refractivity contribution is 14.1. The molecule has 0 heterocycles. The molecule has 0 aliphatic rings. The van der Waals surface area contributed by atoms with Gasteiger partial charge in [-0.3, -0.25) is 3.07 Å². The summed E-state index contributed by atoms with van der Waals surface area (Å²) in [6.45, 7) is 2.84. The Hall–Kier alpha value is -0.980. The van der Waals surface area contributed by atoms with Crippen LogP contribution in [0.4, 0.5) is 0 Å². The topological polar surface area (TPSA) is 63.6 Å². The molecule has 0 radical (unpaired) electrons. The number of unbranched alkanes of at least 4 members (excludes halogenated alkanes) is 9. The van der Waals surface area contributed by atoms with Crippen molar-refractivity contribution in [2.45, 2.75) is 71.1 Å². The molecular weight excluding hydrogens is 419 g/mol. The average Bonchev–Trinajstić information content (AvgIpc) is 2.59. The monoisotopic (exact) mass is 448 g/mol. The van der Waals surface area contributed by atoms with Gasteiger partial charge in [-0.15, -0.1) is 0 Å². The Morgan fingerprint density at radius 1 is 1.00 bits per heavy atom. The second kappa shape index (κ2) is 13.3. The van der Waals surface area contributed by atoms with Gasteiger partial charge in [0.1, 0.15) is 5.75 Å². The minimum Gasteiger partial charge on any atom is -0.494 e. The van der Waals surface area contributed by atoms with Gasteiger partial charge in [0.05, 0.1) is 15.7 Å². The number of benzene rings is 1. The van der Waals surface area contributed by atoms with Gasteiger partial charge in [0.15, 0.2) is 21.2 Å². The van der Waals surface area contributed by atoms with E-state index in [0.29, 0.717) is 15.9 Å². The molecule has 1 rings (SSSR count). The second-order valence-corrected chi connectivity index (χ2v) is 7.66. The van der Waals surface area contributed by atoms with E-state index in [9.17, 15) is 7.86 Å². The molecule has 0 atom stereocenters. The largest absolute Gasteiger partial charge is 0.494 e. The van der Waals surface area contributed by atoms with Crippen molar-refractivity contribution in [1.82, 2.24) is 0 Å². The summed E-state index contributed by atoms with van der Waals surface area (Å²) in [5.41, 5.74) is 0.0957. The molecule has 1 N–H and O–H groups in total. The van der Waals surface area contributed by atoms with Crippen LogP contribution < -0.4 is 4.74 Å². The molecule has 0 aliphatic carbocycles. The van der Waals surface area contributed by atoms with Crippen LogP contribution in [0.25, 0.3) is 0 Å². The highest BCUT2D eigenvalue weighted by atomic mass is 127. The molecule has 0 bridgehead atoms. The highest BCUT2D eigenvalue weighted by Gasteiger charge is 2.11. The molecule has 0 fully saturated rings. The summed E-state index contributed by atoms with van der Waals surface area (Å²) in [6.07, 6.45) is 12.7. The van der Waals surface area contributed by atoms with Gasteiger partial charge >= 0.3 is 5.97 Å². The number of carbonyl (C=O) groups is 1. The maximum Gasteiger partial charge on any atom is 0.337 e. The quantitative estimate of drug-likeness (QED) is 0.273. The van der Waals surface area contributed by atoms with E-state index in [-0.39, 0.29) is 5.56 Å². The van der Waals surface area contributed by atoms with Gasteiger partial charge in [-0.1, -0.05) is 64.7 Å². The van der Waals surface area contributed by atoms with Crippen molar-refractivity contribution in [3.63, 3.8) is 0 Å². The maximum atomic E-state index is 11.1. The summed E-state index contributed by atoms with van der Waals surface area (Å²) in [4.78, 5) is 11.1. The third-order valence-electron chi connectivity index (χ3n) is 4.02. The average molecular weight is 448 g/mol. The SMILES string of the molecule is CCCCCCCCCCCCOc1ccc(I=O)c(C(=O)O)c1. The van der Waals surface area contributed by atoms with E-state index in [4.69, 9.17) is 9.84 Å². The Morgan fingerprint density at radius 2 is 1.58 bits per heavy atom. The zero-order chi connectivity index (χ0) is 17.6. The van der Waals surface area contributed by atoms with Gasteiger partial charge in [-0.05, 0) is 24.6 Å². The minimum absolute atomic E-state index is 0.0957. The molecule has 24 heavy (non-hydrogen) atoms. The van der Waals surface area contributed by atoms with Gasteiger partial charge < -0.3 is 9.84 Å². The predicted octanol–water partition coefficient (Wildman–Crippen LogP) is 6.17. The number of carboxylic acid groups (broad SMARTS) is 1. The lowest BCUT2D eigenvalue weighted by molar-refractivity contribution is 0.0695. The van der Waals surface area contributed by atoms with Crippen molar-refractivity contribution < 1.29 is 17.7 Å². The molecule has 0 spiro atoms. The standard InChI is InChI=1S/C19H29IO4/c1-2-3-4-5-6-7-8-9-10-11-14-24-16-12-13-18(20-23)17(15-16)19(21)22/h12-13,15H,2-11,14H2,1H3,(H,21,22). The summed E-state index contributed by atoms with van der Waals surface area (Å²) < 4.78 is 17.1. The van der Waals surface area contributed by atoms with E-state index in [1.165, 1.54) is 57.4 Å². The van der Waals surface area contributed by atoms with E-state index in [2.05, 4.69) is 6.92 Å². The number of ether oxygens (including phenoxy) is 1. The Labute approximate surface area is 155 Å². The summed E-state index contributed by atoms with van der Waals surface area (Å²) in [5.74, 6) is -0.505. The third kappa shape index (κ3) is 8.76. The van der Waals surface area contributed by atoms with Crippen LogP contribution in [0.3, 0.4) is 0 Å². The van der Waals surface area contributed by atoms with E-state index < -0.39 is 27.2 Å². The number of carboxylic acids is 1. The molecule has 4 nitrogen and oxygen atoms in total. The summed E-state index contributed by atoms with van der Waals surface area (Å²) in [6, 6.07) is 4.78. The first kappa shape index (κ1) is 21.1. The molecule has 0 aliphatic heterocycles. The summed E-state index contributed by atoms with van der Waals surface area (Å²) in [5, 5.41) is 9.10. The molecule has 0 unspecified atom stereocenters. The van der Waals surface area contributed by atoms with Gasteiger partial charge in [0.2, 0.25) is 0 Å². The Balaban J connectivity index is 2.12. The van der Waals surface area contributed by atoms with Crippen molar-refractivity contribution in [2.24, 2.45) is 0 Å². The first-order chi connectivity index (χ1) is 11.7. The van der Waals surface area contributed by atoms with Crippen molar-refractivity contribution >= 4 is 27.2 Å². The van der Waals surface area contributed by atoms with Crippen molar-refractivity contribution in [1.29, 1.82) is 0 Å². The normalized spacial score (nSPS) is 10.7. The van der Waals surface area contributed by atoms with Crippen LogP contribution in [-0.4, -0.2) is 17.7 Å². The van der Waals surface area contributed by atoms with Crippen LogP contribution in [-0.2, 0) is 3.07 Å². The number of hydrogen-bond donors (Lipinski definition) is 1. The van der Waals surface area contributed by atoms with Crippen molar-refractivity contribution in [3.8, 4) is 5.75 Å². The molecule has 0 saturated carbocycles. The van der Waals surface area contributed by atoms with Crippen LogP contribution >= 0.6 is 21.2 Å². The Bertz CT molecular complexity index is 502. The van der Waals surface area contributed by atoms with Gasteiger partial charge in [0, 0.05) is 0 Å². The van der Waals surface area contributed by atoms with Crippen molar-refractivity contribution in [3.05, 3.63) is 27.3 Å². The molecule has 0 amide bonds. The highest BCUT2D eigenvalue weighted by Crippen LogP contribution is 2.22. The Morgan fingerprint density at radius 3 is 2.12 bits per heavy atom. The smallest absolute Gasteiger partial charge is 0.337 e. The number of aromatic carboxylic acids is 1. The molecule has 0 aromatic heterocycles. The first-order valence-electron chi connectivity index (χ1n) is 8.96. The first-order valence-corrected chi connectivity index (χ1v) is 10.9. The Kier molecular flexibility index (Phi) is 11.7. The van der Waals surface area contributed by atoms with Crippen LogP contribution in [0.15, 0.2) is 18.2 Å². The van der Waals surface area contributed by atoms with Gasteiger partial charge in [-0.25, -0.2) is 4.79 Å². The van der Waals surface area contributed by atoms with Crippen LogP contribution in [0, 0.1) is 3.57 Å². The van der Waals surface area contributed by atoms with Gasteiger partial charge in [-0.2, -0.15) is 0 Å². The molecule has 1 aromatic carbocycles. The fourth-order valence-corrected chi connectivity index (χ4v) is 3.56. The van der Waals surface area contributed by atoms with E-state index in [0.717, 1.165) is 12.8 Å². The molecule has 136 valence electrons. The lowest BCUT2D eigenvalue weighted by Crippen LogP contribution is -2.02. The van der Waals surface area contributed by atoms with Crippen LogP contribution in [0.2, 0.25) is 0 Å². The molecular formula is C19H29IO4. The fraction of sp³-hybridized carbons (Fsp3) is 0.632.